The molecule has 0 radical (unpaired) electrons. The molecule has 0 aromatic carbocycles. The van der Waals surface area contributed by atoms with Crippen LogP contribution in [0.1, 0.15) is 13.8 Å². The van der Waals surface area contributed by atoms with Crippen molar-refractivity contribution in [2.75, 3.05) is 13.2 Å². The molecule has 1 saturated heterocycles. The lowest BCUT2D eigenvalue weighted by atomic mass is 10.4. The van der Waals surface area contributed by atoms with E-state index in [-0.39, 0.29) is 6.10 Å². The monoisotopic (exact) mass is 204 g/mol. The molecule has 4 heteroatoms. The second-order valence-corrected chi connectivity index (χ2v) is 9.39. The second-order valence-electron chi connectivity index (χ2n) is 4.87. The third-order valence-corrected chi connectivity index (χ3v) is 2.80. The highest BCUT2D eigenvalue weighted by Crippen LogP contribution is 2.22. The molecule has 0 aliphatic carbocycles. The number of ether oxygens (including phenoxy) is 2. The third-order valence-electron chi connectivity index (χ3n) is 1.77. The highest BCUT2D eigenvalue weighted by Gasteiger charge is 2.33. The van der Waals surface area contributed by atoms with E-state index in [1.54, 1.807) is 0 Å². The van der Waals surface area contributed by atoms with Gasteiger partial charge in [0.25, 0.3) is 0 Å². The Morgan fingerprint density at radius 2 is 2.00 bits per heavy atom. The molecular formula is C9H20O3Si. The Morgan fingerprint density at radius 1 is 1.38 bits per heavy atom. The zero-order valence-corrected chi connectivity index (χ0v) is 10.2. The quantitative estimate of drug-likeness (QED) is 0.658. The summed E-state index contributed by atoms with van der Waals surface area (Å²) in [6, 6.07) is 0. The topological polar surface area (TPSA) is 27.7 Å². The summed E-state index contributed by atoms with van der Waals surface area (Å²) >= 11 is 0. The van der Waals surface area contributed by atoms with Crippen molar-refractivity contribution >= 4 is 8.32 Å². The minimum absolute atomic E-state index is 0.113. The van der Waals surface area contributed by atoms with Crippen LogP contribution in [0, 0.1) is 0 Å². The Bertz CT molecular complexity index is 174. The Labute approximate surface area is 81.5 Å². The van der Waals surface area contributed by atoms with E-state index in [4.69, 9.17) is 13.9 Å². The molecule has 0 aromatic heterocycles. The SMILES string of the molecule is CC1(C)OCC(CO[Si](C)(C)C)O1. The Kier molecular flexibility index (Phi) is 3.17. The van der Waals surface area contributed by atoms with E-state index in [1.807, 2.05) is 13.8 Å². The van der Waals surface area contributed by atoms with E-state index in [2.05, 4.69) is 19.6 Å². The van der Waals surface area contributed by atoms with Gasteiger partial charge in [-0.1, -0.05) is 0 Å². The van der Waals surface area contributed by atoms with Crippen molar-refractivity contribution < 1.29 is 13.9 Å². The van der Waals surface area contributed by atoms with Gasteiger partial charge in [-0.05, 0) is 33.5 Å². The van der Waals surface area contributed by atoms with Crippen LogP contribution in [0.15, 0.2) is 0 Å². The van der Waals surface area contributed by atoms with Crippen LogP contribution in [0.3, 0.4) is 0 Å². The molecule has 1 fully saturated rings. The Hall–Kier alpha value is 0.0969. The average Bonchev–Trinajstić information content (AvgIpc) is 2.24. The molecule has 0 N–H and O–H groups in total. The first-order chi connectivity index (χ1) is 5.79. The van der Waals surface area contributed by atoms with E-state index in [0.29, 0.717) is 13.2 Å². The zero-order chi connectivity index (χ0) is 10.1. The van der Waals surface area contributed by atoms with Crippen LogP contribution in [0.25, 0.3) is 0 Å². The first-order valence-corrected chi connectivity index (χ1v) is 8.15. The van der Waals surface area contributed by atoms with Crippen molar-refractivity contribution in [3.8, 4) is 0 Å². The van der Waals surface area contributed by atoms with Crippen molar-refractivity contribution in [1.29, 1.82) is 0 Å². The summed E-state index contributed by atoms with van der Waals surface area (Å²) in [5, 5.41) is 0. The summed E-state index contributed by atoms with van der Waals surface area (Å²) in [5.41, 5.74) is 0. The molecule has 0 spiro atoms. The van der Waals surface area contributed by atoms with Crippen molar-refractivity contribution in [2.45, 2.75) is 45.4 Å². The van der Waals surface area contributed by atoms with Crippen molar-refractivity contribution in [2.24, 2.45) is 0 Å². The van der Waals surface area contributed by atoms with Gasteiger partial charge in [0.05, 0.1) is 13.2 Å². The maximum Gasteiger partial charge on any atom is 0.183 e. The maximum absolute atomic E-state index is 5.74. The molecule has 0 aromatic rings. The fraction of sp³-hybridized carbons (Fsp3) is 1.00. The lowest BCUT2D eigenvalue weighted by Crippen LogP contribution is -2.32. The fourth-order valence-electron chi connectivity index (χ4n) is 1.19. The summed E-state index contributed by atoms with van der Waals surface area (Å²) in [5.74, 6) is -0.423. The van der Waals surface area contributed by atoms with Gasteiger partial charge in [-0.15, -0.1) is 0 Å². The van der Waals surface area contributed by atoms with Gasteiger partial charge in [-0.3, -0.25) is 0 Å². The smallest absolute Gasteiger partial charge is 0.183 e. The Morgan fingerprint density at radius 3 is 2.38 bits per heavy atom. The zero-order valence-electron chi connectivity index (χ0n) is 9.22. The molecule has 13 heavy (non-hydrogen) atoms. The molecule has 1 aliphatic rings. The largest absolute Gasteiger partial charge is 0.415 e. The van der Waals surface area contributed by atoms with Crippen LogP contribution in [0.4, 0.5) is 0 Å². The molecule has 0 saturated carbocycles. The van der Waals surface area contributed by atoms with Gasteiger partial charge in [-0.2, -0.15) is 0 Å². The van der Waals surface area contributed by atoms with Gasteiger partial charge in [0, 0.05) is 0 Å². The Balaban J connectivity index is 2.25. The minimum Gasteiger partial charge on any atom is -0.415 e. The average molecular weight is 204 g/mol. The van der Waals surface area contributed by atoms with E-state index in [0.717, 1.165) is 0 Å². The van der Waals surface area contributed by atoms with Crippen LogP contribution < -0.4 is 0 Å². The summed E-state index contributed by atoms with van der Waals surface area (Å²) < 4.78 is 16.8. The number of hydrogen-bond acceptors (Lipinski definition) is 3. The van der Waals surface area contributed by atoms with Crippen LogP contribution in [0.2, 0.25) is 19.6 Å². The summed E-state index contributed by atoms with van der Waals surface area (Å²) in [4.78, 5) is 0. The first kappa shape index (κ1) is 11.2. The minimum atomic E-state index is -1.41. The normalized spacial score (nSPS) is 27.9. The standard InChI is InChI=1S/C9H20O3Si/c1-9(2)10-6-8(12-9)7-11-13(3,4)5/h8H,6-7H2,1-5H3. The highest BCUT2D eigenvalue weighted by molar-refractivity contribution is 6.69. The van der Waals surface area contributed by atoms with Gasteiger partial charge in [0.15, 0.2) is 14.1 Å². The number of hydrogen-bond donors (Lipinski definition) is 0. The predicted molar refractivity (Wildman–Crippen MR) is 54.2 cm³/mol. The molecule has 0 bridgehead atoms. The fourth-order valence-corrected chi connectivity index (χ4v) is 1.87. The molecule has 0 amide bonds. The van der Waals surface area contributed by atoms with E-state index in [1.165, 1.54) is 0 Å². The molecule has 78 valence electrons. The molecule has 1 rings (SSSR count). The second kappa shape index (κ2) is 3.69. The van der Waals surface area contributed by atoms with Crippen LogP contribution in [0.5, 0.6) is 0 Å². The van der Waals surface area contributed by atoms with E-state index in [9.17, 15) is 0 Å². The molecule has 1 aliphatic heterocycles. The van der Waals surface area contributed by atoms with Crippen molar-refractivity contribution in [3.05, 3.63) is 0 Å². The molecular weight excluding hydrogens is 184 g/mol. The lowest BCUT2D eigenvalue weighted by molar-refractivity contribution is -0.141. The number of rotatable bonds is 3. The van der Waals surface area contributed by atoms with Gasteiger partial charge in [-0.25, -0.2) is 0 Å². The summed E-state index contributed by atoms with van der Waals surface area (Å²) in [6.07, 6.45) is 0.113. The lowest BCUT2D eigenvalue weighted by Gasteiger charge is -2.21. The van der Waals surface area contributed by atoms with Crippen LogP contribution in [-0.4, -0.2) is 33.4 Å². The molecule has 1 heterocycles. The van der Waals surface area contributed by atoms with E-state index < -0.39 is 14.1 Å². The summed E-state index contributed by atoms with van der Waals surface area (Å²) in [6.45, 7) is 11.7. The van der Waals surface area contributed by atoms with Crippen molar-refractivity contribution in [3.63, 3.8) is 0 Å². The third kappa shape index (κ3) is 4.22. The van der Waals surface area contributed by atoms with Gasteiger partial charge >= 0.3 is 0 Å². The highest BCUT2D eigenvalue weighted by atomic mass is 28.4. The van der Waals surface area contributed by atoms with Crippen molar-refractivity contribution in [1.82, 2.24) is 0 Å². The molecule has 1 atom stereocenters. The van der Waals surface area contributed by atoms with Gasteiger partial charge < -0.3 is 13.9 Å². The maximum atomic E-state index is 5.74. The molecule has 3 nitrogen and oxygen atoms in total. The van der Waals surface area contributed by atoms with Crippen LogP contribution in [-0.2, 0) is 13.9 Å². The van der Waals surface area contributed by atoms with E-state index >= 15 is 0 Å². The first-order valence-electron chi connectivity index (χ1n) is 4.74. The van der Waals surface area contributed by atoms with Gasteiger partial charge in [0.2, 0.25) is 0 Å². The van der Waals surface area contributed by atoms with Gasteiger partial charge in [0.1, 0.15) is 6.10 Å². The predicted octanol–water partition coefficient (Wildman–Crippen LogP) is 1.99. The summed E-state index contributed by atoms with van der Waals surface area (Å²) in [7, 11) is -1.41. The molecule has 1 unspecified atom stereocenters. The van der Waals surface area contributed by atoms with Crippen LogP contribution >= 0.6 is 0 Å².